The molecule has 2 aromatic carbocycles. The van der Waals surface area contributed by atoms with E-state index in [0.717, 1.165) is 11.1 Å². The highest BCUT2D eigenvalue weighted by Crippen LogP contribution is 2.25. The van der Waals surface area contributed by atoms with Gasteiger partial charge in [0, 0.05) is 6.54 Å². The molecule has 0 aliphatic carbocycles. The van der Waals surface area contributed by atoms with E-state index >= 15 is 0 Å². The number of halogens is 1. The van der Waals surface area contributed by atoms with E-state index in [9.17, 15) is 9.59 Å². The van der Waals surface area contributed by atoms with E-state index in [1.165, 1.54) is 7.11 Å². The average molecular weight is 359 g/mol. The number of nitrogens with zero attached hydrogens (tertiary/aromatic N) is 1. The third-order valence-corrected chi connectivity index (χ3v) is 4.64. The van der Waals surface area contributed by atoms with Crippen LogP contribution < -0.4 is 5.32 Å². The van der Waals surface area contributed by atoms with Gasteiger partial charge < -0.3 is 10.1 Å². The van der Waals surface area contributed by atoms with Crippen molar-refractivity contribution in [1.82, 2.24) is 4.90 Å². The van der Waals surface area contributed by atoms with Crippen LogP contribution in [0.25, 0.3) is 0 Å². The standard InChI is InChI=1S/C19H19ClN2O3/c1-25-19(24)17-10-13-6-2-3-7-14(13)11-22(17)12-18(23)21-16-9-5-4-8-15(16)20/h2-9,17H,10-12H2,1H3,(H,21,23)/t17-/m0/s1. The quantitative estimate of drug-likeness (QED) is 0.854. The molecule has 6 heteroatoms. The van der Waals surface area contributed by atoms with E-state index in [0.29, 0.717) is 23.7 Å². The largest absolute Gasteiger partial charge is 0.468 e. The lowest BCUT2D eigenvalue weighted by Crippen LogP contribution is -2.49. The van der Waals surface area contributed by atoms with Gasteiger partial charge in [-0.15, -0.1) is 0 Å². The van der Waals surface area contributed by atoms with Crippen LogP contribution in [0.15, 0.2) is 48.5 Å². The van der Waals surface area contributed by atoms with Gasteiger partial charge >= 0.3 is 5.97 Å². The molecule has 1 heterocycles. The monoisotopic (exact) mass is 358 g/mol. The fourth-order valence-electron chi connectivity index (χ4n) is 3.05. The van der Waals surface area contributed by atoms with Crippen molar-refractivity contribution in [2.45, 2.75) is 19.0 Å². The lowest BCUT2D eigenvalue weighted by molar-refractivity contribution is -0.148. The maximum atomic E-state index is 12.4. The van der Waals surface area contributed by atoms with Crippen molar-refractivity contribution in [2.24, 2.45) is 0 Å². The van der Waals surface area contributed by atoms with Crippen molar-refractivity contribution < 1.29 is 14.3 Å². The highest BCUT2D eigenvalue weighted by atomic mass is 35.5. The van der Waals surface area contributed by atoms with E-state index < -0.39 is 6.04 Å². The minimum absolute atomic E-state index is 0.0827. The molecule has 5 nitrogen and oxygen atoms in total. The number of ether oxygens (including phenoxy) is 1. The van der Waals surface area contributed by atoms with Crippen LogP contribution in [0.4, 0.5) is 5.69 Å². The van der Waals surface area contributed by atoms with Gasteiger partial charge in [0.25, 0.3) is 0 Å². The molecule has 0 spiro atoms. The SMILES string of the molecule is COC(=O)[C@@H]1Cc2ccccc2CN1CC(=O)Nc1ccccc1Cl. The Morgan fingerprint density at radius 2 is 1.84 bits per heavy atom. The van der Waals surface area contributed by atoms with Gasteiger partial charge in [-0.2, -0.15) is 0 Å². The minimum atomic E-state index is -0.475. The Kier molecular flexibility index (Phi) is 5.36. The predicted octanol–water partition coefficient (Wildman–Crippen LogP) is 2.88. The Hall–Kier alpha value is -2.37. The Labute approximate surface area is 151 Å². The fourth-order valence-corrected chi connectivity index (χ4v) is 3.23. The Balaban J connectivity index is 1.75. The lowest BCUT2D eigenvalue weighted by atomic mass is 9.94. The van der Waals surface area contributed by atoms with Gasteiger partial charge in [-0.1, -0.05) is 48.0 Å². The van der Waals surface area contributed by atoms with Gasteiger partial charge in [-0.05, 0) is 29.7 Å². The van der Waals surface area contributed by atoms with Crippen molar-refractivity contribution >= 4 is 29.2 Å². The topological polar surface area (TPSA) is 58.6 Å². The van der Waals surface area contributed by atoms with Crippen LogP contribution in [0.1, 0.15) is 11.1 Å². The predicted molar refractivity (Wildman–Crippen MR) is 96.4 cm³/mol. The molecule has 0 unspecified atom stereocenters. The summed E-state index contributed by atoms with van der Waals surface area (Å²) in [6.07, 6.45) is 0.530. The van der Waals surface area contributed by atoms with E-state index in [2.05, 4.69) is 5.32 Å². The normalized spacial score (nSPS) is 16.8. The first-order valence-electron chi connectivity index (χ1n) is 8.01. The summed E-state index contributed by atoms with van der Waals surface area (Å²) < 4.78 is 4.92. The molecular weight excluding hydrogens is 340 g/mol. The second-order valence-corrected chi connectivity index (χ2v) is 6.35. The Morgan fingerprint density at radius 1 is 1.16 bits per heavy atom. The summed E-state index contributed by atoms with van der Waals surface area (Å²) in [5, 5.41) is 3.27. The van der Waals surface area contributed by atoms with Gasteiger partial charge in [0.05, 0.1) is 24.4 Å². The maximum absolute atomic E-state index is 12.4. The number of esters is 1. The second kappa shape index (κ2) is 7.68. The van der Waals surface area contributed by atoms with Crippen LogP contribution in [0.5, 0.6) is 0 Å². The molecule has 1 atom stereocenters. The molecule has 0 saturated heterocycles. The zero-order valence-electron chi connectivity index (χ0n) is 13.9. The van der Waals surface area contributed by atoms with Crippen molar-refractivity contribution in [1.29, 1.82) is 0 Å². The van der Waals surface area contributed by atoms with Crippen molar-refractivity contribution in [3.63, 3.8) is 0 Å². The summed E-state index contributed by atoms with van der Waals surface area (Å²) in [5.74, 6) is -0.554. The number of carbonyl (C=O) groups excluding carboxylic acids is 2. The van der Waals surface area contributed by atoms with Gasteiger partial charge in [0.15, 0.2) is 0 Å². The van der Waals surface area contributed by atoms with Crippen LogP contribution in [-0.4, -0.2) is 36.5 Å². The molecule has 0 aromatic heterocycles. The minimum Gasteiger partial charge on any atom is -0.468 e. The maximum Gasteiger partial charge on any atom is 0.323 e. The number of carbonyl (C=O) groups is 2. The van der Waals surface area contributed by atoms with Gasteiger partial charge in [0.1, 0.15) is 6.04 Å². The van der Waals surface area contributed by atoms with Crippen LogP contribution in [0.3, 0.4) is 0 Å². The molecule has 130 valence electrons. The van der Waals surface area contributed by atoms with Crippen molar-refractivity contribution in [3.8, 4) is 0 Å². The van der Waals surface area contributed by atoms with E-state index in [1.54, 1.807) is 24.3 Å². The Morgan fingerprint density at radius 3 is 2.56 bits per heavy atom. The number of para-hydroxylation sites is 1. The average Bonchev–Trinajstić information content (AvgIpc) is 2.62. The molecule has 25 heavy (non-hydrogen) atoms. The first kappa shape index (κ1) is 17.5. The third kappa shape index (κ3) is 4.00. The number of anilines is 1. The van der Waals surface area contributed by atoms with Crippen LogP contribution in [0.2, 0.25) is 5.02 Å². The number of methoxy groups -OCH3 is 1. The third-order valence-electron chi connectivity index (χ3n) is 4.31. The number of hydrogen-bond acceptors (Lipinski definition) is 4. The van der Waals surface area contributed by atoms with Gasteiger partial charge in [-0.3, -0.25) is 14.5 Å². The summed E-state index contributed by atoms with van der Waals surface area (Å²) in [5.41, 5.74) is 2.79. The number of benzene rings is 2. The highest BCUT2D eigenvalue weighted by molar-refractivity contribution is 6.33. The highest BCUT2D eigenvalue weighted by Gasteiger charge is 2.33. The number of rotatable bonds is 4. The first-order valence-corrected chi connectivity index (χ1v) is 8.39. The summed E-state index contributed by atoms with van der Waals surface area (Å²) in [4.78, 5) is 26.4. The van der Waals surface area contributed by atoms with Crippen molar-refractivity contribution in [2.75, 3.05) is 19.0 Å². The van der Waals surface area contributed by atoms with Crippen LogP contribution in [0, 0.1) is 0 Å². The molecular formula is C19H19ClN2O3. The summed E-state index contributed by atoms with van der Waals surface area (Å²) in [7, 11) is 1.37. The van der Waals surface area contributed by atoms with Crippen LogP contribution in [-0.2, 0) is 27.3 Å². The molecule has 1 N–H and O–H groups in total. The summed E-state index contributed by atoms with van der Waals surface area (Å²) in [6, 6.07) is 14.5. The van der Waals surface area contributed by atoms with Crippen LogP contribution >= 0.6 is 11.6 Å². The van der Waals surface area contributed by atoms with Gasteiger partial charge in [0.2, 0.25) is 5.91 Å². The molecule has 0 fully saturated rings. The molecule has 0 saturated carbocycles. The van der Waals surface area contributed by atoms with E-state index in [1.807, 2.05) is 29.2 Å². The number of hydrogen-bond donors (Lipinski definition) is 1. The van der Waals surface area contributed by atoms with Gasteiger partial charge in [-0.25, -0.2) is 0 Å². The molecule has 1 aliphatic rings. The number of amides is 1. The number of fused-ring (bicyclic) bond motifs is 1. The molecule has 0 radical (unpaired) electrons. The Bertz CT molecular complexity index is 794. The zero-order valence-corrected chi connectivity index (χ0v) is 14.6. The fraction of sp³-hybridized carbons (Fsp3) is 0.263. The molecule has 1 amide bonds. The summed E-state index contributed by atoms with van der Waals surface area (Å²) in [6.45, 7) is 0.602. The van der Waals surface area contributed by atoms with E-state index in [-0.39, 0.29) is 18.4 Å². The molecule has 3 rings (SSSR count). The smallest absolute Gasteiger partial charge is 0.323 e. The molecule has 2 aromatic rings. The van der Waals surface area contributed by atoms with E-state index in [4.69, 9.17) is 16.3 Å². The summed E-state index contributed by atoms with van der Waals surface area (Å²) >= 11 is 6.08. The van der Waals surface area contributed by atoms with Crippen molar-refractivity contribution in [3.05, 3.63) is 64.7 Å². The molecule has 0 bridgehead atoms. The molecule has 1 aliphatic heterocycles. The second-order valence-electron chi connectivity index (χ2n) is 5.94. The number of nitrogens with one attached hydrogen (secondary N) is 1. The lowest BCUT2D eigenvalue weighted by Gasteiger charge is -2.34. The zero-order chi connectivity index (χ0) is 17.8. The first-order chi connectivity index (χ1) is 12.1.